The van der Waals surface area contributed by atoms with Crippen molar-refractivity contribution < 1.29 is 14.3 Å². The molecule has 0 aliphatic carbocycles. The van der Waals surface area contributed by atoms with Crippen LogP contribution in [0, 0.1) is 0 Å². The number of hydrogen-bond donors (Lipinski definition) is 1. The Hall–Kier alpha value is -1.60. The van der Waals surface area contributed by atoms with E-state index in [4.69, 9.17) is 16.3 Å². The molecule has 0 aromatic carbocycles. The number of esters is 1. The fourth-order valence-electron chi connectivity index (χ4n) is 1.99. The number of nitrogens with zero attached hydrogens (tertiary/aromatic N) is 2. The van der Waals surface area contributed by atoms with Crippen molar-refractivity contribution in [3.63, 3.8) is 0 Å². The lowest BCUT2D eigenvalue weighted by Crippen LogP contribution is -2.31. The number of aromatic nitrogens is 2. The molecule has 2 rings (SSSR count). The van der Waals surface area contributed by atoms with Gasteiger partial charge in [-0.1, -0.05) is 11.6 Å². The van der Waals surface area contributed by atoms with Gasteiger partial charge in [0.15, 0.2) is 0 Å². The molecule has 2 atom stereocenters. The van der Waals surface area contributed by atoms with Crippen molar-refractivity contribution in [3.8, 4) is 0 Å². The maximum atomic E-state index is 12.0. The highest BCUT2D eigenvalue weighted by Gasteiger charge is 2.25. The smallest absolute Gasteiger partial charge is 0.327 e. The number of ether oxygens (including phenoxy) is 2. The fourth-order valence-corrected chi connectivity index (χ4v) is 2.19. The molecule has 0 bridgehead atoms. The Morgan fingerprint density at radius 3 is 3.05 bits per heavy atom. The minimum atomic E-state index is -0.561. The number of nitrogens with one attached hydrogen (secondary N) is 1. The van der Waals surface area contributed by atoms with Gasteiger partial charge in [0, 0.05) is 6.61 Å². The second kappa shape index (κ2) is 6.23. The van der Waals surface area contributed by atoms with E-state index in [2.05, 4.69) is 15.2 Å². The van der Waals surface area contributed by atoms with Crippen LogP contribution in [0.25, 0.3) is 0 Å². The minimum absolute atomic E-state index is 0.00278. The molecule has 2 unspecified atom stereocenters. The summed E-state index contributed by atoms with van der Waals surface area (Å²) in [4.78, 5) is 23.1. The molecule has 110 valence electrons. The van der Waals surface area contributed by atoms with Gasteiger partial charge in [0.2, 0.25) is 0 Å². The number of rotatable bonds is 4. The number of methoxy groups -OCH3 is 1. The Kier molecular flexibility index (Phi) is 4.61. The molecular weight excluding hydrogens is 286 g/mol. The third-order valence-electron chi connectivity index (χ3n) is 3.21. The molecule has 20 heavy (non-hydrogen) atoms. The highest BCUT2D eigenvalue weighted by molar-refractivity contribution is 6.32. The molecule has 0 radical (unpaired) electrons. The third-order valence-corrected chi connectivity index (χ3v) is 3.57. The largest absolute Gasteiger partial charge is 0.468 e. The van der Waals surface area contributed by atoms with E-state index in [0.717, 1.165) is 11.1 Å². The lowest BCUT2D eigenvalue weighted by molar-refractivity contribution is -0.141. The van der Waals surface area contributed by atoms with E-state index in [1.807, 2.05) is 6.92 Å². The monoisotopic (exact) mass is 301 g/mol. The summed E-state index contributed by atoms with van der Waals surface area (Å²) < 4.78 is 10.9. The average molecular weight is 302 g/mol. The van der Waals surface area contributed by atoms with Gasteiger partial charge in [-0.15, -0.1) is 0 Å². The second-order valence-electron chi connectivity index (χ2n) is 4.53. The van der Waals surface area contributed by atoms with E-state index in [1.54, 1.807) is 0 Å². The molecule has 0 saturated carbocycles. The zero-order valence-electron chi connectivity index (χ0n) is 11.3. The molecule has 7 nitrogen and oxygen atoms in total. The molecule has 0 amide bonds. The number of hydrogen-bond acceptors (Lipinski definition) is 6. The molecule has 0 spiro atoms. The van der Waals surface area contributed by atoms with Crippen molar-refractivity contribution in [1.29, 1.82) is 0 Å². The molecule has 1 fully saturated rings. The van der Waals surface area contributed by atoms with Gasteiger partial charge in [0.05, 0.1) is 31.1 Å². The van der Waals surface area contributed by atoms with Crippen molar-refractivity contribution in [2.75, 3.05) is 19.0 Å². The summed E-state index contributed by atoms with van der Waals surface area (Å²) in [5, 5.41) is 7.06. The SMILES string of the molecule is COC(=O)Cn1ncc(NC2CCOC2C)c(Cl)c1=O. The molecule has 1 N–H and O–H groups in total. The first kappa shape index (κ1) is 14.8. The Balaban J connectivity index is 2.18. The maximum absolute atomic E-state index is 12.0. The van der Waals surface area contributed by atoms with E-state index < -0.39 is 11.5 Å². The average Bonchev–Trinajstić information content (AvgIpc) is 2.83. The first-order valence-corrected chi connectivity index (χ1v) is 6.61. The quantitative estimate of drug-likeness (QED) is 0.823. The molecule has 8 heteroatoms. The van der Waals surface area contributed by atoms with Crippen molar-refractivity contribution in [1.82, 2.24) is 9.78 Å². The number of carbonyl (C=O) groups is 1. The van der Waals surface area contributed by atoms with Crippen molar-refractivity contribution in [2.24, 2.45) is 0 Å². The topological polar surface area (TPSA) is 82.5 Å². The molecule has 1 aromatic rings. The summed E-state index contributed by atoms with van der Waals surface area (Å²) in [7, 11) is 1.24. The van der Waals surface area contributed by atoms with Crippen LogP contribution in [0.2, 0.25) is 5.02 Å². The number of halogens is 1. The van der Waals surface area contributed by atoms with E-state index >= 15 is 0 Å². The van der Waals surface area contributed by atoms with Gasteiger partial charge in [-0.25, -0.2) is 4.68 Å². The molecule has 2 heterocycles. The van der Waals surface area contributed by atoms with Crippen LogP contribution >= 0.6 is 11.6 Å². The van der Waals surface area contributed by atoms with Gasteiger partial charge in [-0.3, -0.25) is 9.59 Å². The summed E-state index contributed by atoms with van der Waals surface area (Å²) in [6, 6.07) is 0.0881. The second-order valence-corrected chi connectivity index (χ2v) is 4.90. The first-order valence-electron chi connectivity index (χ1n) is 6.23. The fraction of sp³-hybridized carbons (Fsp3) is 0.583. The summed E-state index contributed by atoms with van der Waals surface area (Å²) in [6.45, 7) is 2.35. The molecule has 1 aromatic heterocycles. The van der Waals surface area contributed by atoms with Gasteiger partial charge in [0.25, 0.3) is 5.56 Å². The van der Waals surface area contributed by atoms with Gasteiger partial charge in [-0.05, 0) is 13.3 Å². The zero-order valence-corrected chi connectivity index (χ0v) is 12.0. The van der Waals surface area contributed by atoms with E-state index in [0.29, 0.717) is 12.3 Å². The summed E-state index contributed by atoms with van der Waals surface area (Å²) >= 11 is 6.02. The van der Waals surface area contributed by atoms with Crippen LogP contribution in [0.1, 0.15) is 13.3 Å². The highest BCUT2D eigenvalue weighted by Crippen LogP contribution is 2.22. The van der Waals surface area contributed by atoms with Crippen molar-refractivity contribution in [3.05, 3.63) is 21.6 Å². The molecule has 1 aliphatic rings. The van der Waals surface area contributed by atoms with E-state index in [9.17, 15) is 9.59 Å². The minimum Gasteiger partial charge on any atom is -0.468 e. The Morgan fingerprint density at radius 2 is 2.45 bits per heavy atom. The maximum Gasteiger partial charge on any atom is 0.327 e. The van der Waals surface area contributed by atoms with Crippen LogP contribution in [0.15, 0.2) is 11.0 Å². The third kappa shape index (κ3) is 3.10. The predicted molar refractivity (Wildman–Crippen MR) is 73.0 cm³/mol. The number of anilines is 1. The zero-order chi connectivity index (χ0) is 14.7. The van der Waals surface area contributed by atoms with Crippen molar-refractivity contribution in [2.45, 2.75) is 32.0 Å². The summed E-state index contributed by atoms with van der Waals surface area (Å²) in [5.74, 6) is -0.561. The standard InChI is InChI=1S/C12H16ClN3O4/c1-7-8(3-4-20-7)15-9-5-14-16(6-10(17)19-2)12(18)11(9)13/h5,7-8,15H,3-4,6H2,1-2H3. The summed E-state index contributed by atoms with van der Waals surface area (Å²) in [5.41, 5.74) is -0.0891. The molecule has 1 saturated heterocycles. The highest BCUT2D eigenvalue weighted by atomic mass is 35.5. The lowest BCUT2D eigenvalue weighted by Gasteiger charge is -2.18. The van der Waals surface area contributed by atoms with Crippen LogP contribution in [0.4, 0.5) is 5.69 Å². The molecular formula is C12H16ClN3O4. The number of carbonyl (C=O) groups excluding carboxylic acids is 1. The lowest BCUT2D eigenvalue weighted by atomic mass is 10.1. The van der Waals surface area contributed by atoms with Crippen LogP contribution in [0.5, 0.6) is 0 Å². The van der Waals surface area contributed by atoms with Gasteiger partial charge >= 0.3 is 5.97 Å². The normalized spacial score (nSPS) is 21.8. The summed E-state index contributed by atoms with van der Waals surface area (Å²) in [6.07, 6.45) is 2.31. The van der Waals surface area contributed by atoms with Gasteiger partial charge < -0.3 is 14.8 Å². The Labute approximate surface area is 120 Å². The first-order chi connectivity index (χ1) is 9.52. The van der Waals surface area contributed by atoms with E-state index in [1.165, 1.54) is 13.3 Å². The van der Waals surface area contributed by atoms with Crippen LogP contribution in [-0.4, -0.2) is 41.6 Å². The van der Waals surface area contributed by atoms with E-state index in [-0.39, 0.29) is 23.7 Å². The molecule has 1 aliphatic heterocycles. The van der Waals surface area contributed by atoms with Gasteiger partial charge in [0.1, 0.15) is 11.6 Å². The van der Waals surface area contributed by atoms with Crippen LogP contribution < -0.4 is 10.9 Å². The van der Waals surface area contributed by atoms with Crippen molar-refractivity contribution >= 4 is 23.3 Å². The van der Waals surface area contributed by atoms with Gasteiger partial charge in [-0.2, -0.15) is 5.10 Å². The predicted octanol–water partition coefficient (Wildman–Crippen LogP) is 0.659. The van der Waals surface area contributed by atoms with Crippen LogP contribution in [0.3, 0.4) is 0 Å². The Morgan fingerprint density at radius 1 is 1.70 bits per heavy atom. The van der Waals surface area contributed by atoms with Crippen LogP contribution in [-0.2, 0) is 20.8 Å². The Bertz CT molecular complexity index is 560.